The second-order valence-corrected chi connectivity index (χ2v) is 10.1. The van der Waals surface area contributed by atoms with Crippen molar-refractivity contribution < 1.29 is 34.0 Å². The standard InChI is InChI=1S/C24H29ClFN7O6/c1-38-23-19(9-14-10-32(29-27-14)15-4-6-31(7-5-15)24(36)37)39-20(12-34)22(35)21(23)33-11-18(28-30-33)13-2-3-16(25)17(26)8-13/h2-3,8,10-11,15,19-23,34-35H,4-7,9,12H2,1H3,(H,36,37)/t19-,20-,21+,22+,23+/m1/s1. The number of methoxy groups -OCH3 is 1. The molecule has 0 unspecified atom stereocenters. The average molecular weight is 566 g/mol. The number of hydrogen-bond acceptors (Lipinski definition) is 9. The van der Waals surface area contributed by atoms with Gasteiger partial charge in [-0.25, -0.2) is 18.5 Å². The summed E-state index contributed by atoms with van der Waals surface area (Å²) in [5, 5.41) is 47.0. The molecule has 0 bridgehead atoms. The number of likely N-dealkylation sites (tertiary alicyclic amines) is 1. The number of piperidine rings is 1. The molecular formula is C24H29ClFN7O6. The second-order valence-electron chi connectivity index (χ2n) is 9.68. The maximum atomic E-state index is 14.0. The maximum absolute atomic E-state index is 14.0. The van der Waals surface area contributed by atoms with Crippen LogP contribution in [0.4, 0.5) is 9.18 Å². The van der Waals surface area contributed by atoms with Gasteiger partial charge in [0.2, 0.25) is 0 Å². The summed E-state index contributed by atoms with van der Waals surface area (Å²) in [5.74, 6) is -0.592. The third-order valence-electron chi connectivity index (χ3n) is 7.34. The Morgan fingerprint density at radius 2 is 1.92 bits per heavy atom. The molecule has 15 heteroatoms. The van der Waals surface area contributed by atoms with Gasteiger partial charge in [-0.2, -0.15) is 0 Å². The number of halogens is 2. The predicted octanol–water partition coefficient (Wildman–Crippen LogP) is 1.56. The van der Waals surface area contributed by atoms with Crippen molar-refractivity contribution in [3.8, 4) is 11.3 Å². The van der Waals surface area contributed by atoms with Gasteiger partial charge < -0.3 is 29.7 Å². The zero-order chi connectivity index (χ0) is 27.7. The van der Waals surface area contributed by atoms with Crippen molar-refractivity contribution in [3.05, 3.63) is 47.1 Å². The molecule has 2 saturated heterocycles. The topological polar surface area (TPSA) is 161 Å². The maximum Gasteiger partial charge on any atom is 0.407 e. The lowest BCUT2D eigenvalue weighted by Gasteiger charge is -2.43. The summed E-state index contributed by atoms with van der Waals surface area (Å²) in [5.41, 5.74) is 1.44. The van der Waals surface area contributed by atoms with Gasteiger partial charge >= 0.3 is 6.09 Å². The van der Waals surface area contributed by atoms with Crippen LogP contribution in [0, 0.1) is 5.82 Å². The molecule has 3 N–H and O–H groups in total. The Hall–Kier alpha value is -3.17. The molecule has 2 aliphatic rings. The first-order chi connectivity index (χ1) is 18.8. The second kappa shape index (κ2) is 11.5. The highest BCUT2D eigenvalue weighted by molar-refractivity contribution is 6.30. The Labute approximate surface area is 227 Å². The Kier molecular flexibility index (Phi) is 8.09. The lowest BCUT2D eigenvalue weighted by atomic mass is 9.90. The molecule has 2 aliphatic heterocycles. The molecule has 5 rings (SSSR count). The van der Waals surface area contributed by atoms with E-state index in [1.807, 2.05) is 0 Å². The highest BCUT2D eigenvalue weighted by atomic mass is 35.5. The third-order valence-corrected chi connectivity index (χ3v) is 7.65. The summed E-state index contributed by atoms with van der Waals surface area (Å²) in [6, 6.07) is 3.53. The summed E-state index contributed by atoms with van der Waals surface area (Å²) < 4.78 is 29.0. The minimum absolute atomic E-state index is 0.0123. The van der Waals surface area contributed by atoms with Crippen molar-refractivity contribution >= 4 is 17.7 Å². The predicted molar refractivity (Wildman–Crippen MR) is 134 cm³/mol. The number of carboxylic acid groups (broad SMARTS) is 1. The van der Waals surface area contributed by atoms with Crippen LogP contribution in [-0.4, -0.2) is 108 Å². The molecule has 0 radical (unpaired) electrons. The summed E-state index contributed by atoms with van der Waals surface area (Å²) in [6.07, 6.45) is 0.533. The van der Waals surface area contributed by atoms with Gasteiger partial charge in [0, 0.05) is 38.4 Å². The molecule has 5 atom stereocenters. The number of rotatable bonds is 7. The average Bonchev–Trinajstić information content (AvgIpc) is 3.61. The van der Waals surface area contributed by atoms with Crippen LogP contribution in [0.2, 0.25) is 5.02 Å². The van der Waals surface area contributed by atoms with E-state index in [1.54, 1.807) is 23.1 Å². The molecule has 0 saturated carbocycles. The highest BCUT2D eigenvalue weighted by Crippen LogP contribution is 2.34. The van der Waals surface area contributed by atoms with E-state index < -0.39 is 49.0 Å². The smallest absolute Gasteiger partial charge is 0.407 e. The van der Waals surface area contributed by atoms with Gasteiger partial charge in [-0.15, -0.1) is 10.2 Å². The summed E-state index contributed by atoms with van der Waals surface area (Å²) in [6.45, 7) is 0.406. The van der Waals surface area contributed by atoms with Crippen LogP contribution in [0.1, 0.15) is 30.6 Å². The Balaban J connectivity index is 1.34. The van der Waals surface area contributed by atoms with Gasteiger partial charge in [-0.3, -0.25) is 0 Å². The highest BCUT2D eigenvalue weighted by Gasteiger charge is 2.47. The fourth-order valence-corrected chi connectivity index (χ4v) is 5.37. The number of aliphatic hydroxyl groups is 2. The zero-order valence-corrected chi connectivity index (χ0v) is 21.8. The van der Waals surface area contributed by atoms with E-state index >= 15 is 0 Å². The first kappa shape index (κ1) is 27.4. The molecule has 2 aromatic heterocycles. The van der Waals surface area contributed by atoms with Crippen molar-refractivity contribution in [2.24, 2.45) is 0 Å². The molecule has 1 aromatic carbocycles. The van der Waals surface area contributed by atoms with Gasteiger partial charge in [0.05, 0.1) is 35.7 Å². The fourth-order valence-electron chi connectivity index (χ4n) is 5.25. The molecule has 0 spiro atoms. The number of aromatic nitrogens is 6. The Morgan fingerprint density at radius 1 is 1.18 bits per heavy atom. The SMILES string of the molecule is CO[C@@H]1[C@@H](n2cc(-c3ccc(Cl)c(F)c3)nn2)[C@@H](O)[C@@H](CO)O[C@@H]1Cc1cn(C2CCN(C(=O)O)CC2)nn1. The molecule has 210 valence electrons. The van der Waals surface area contributed by atoms with Gasteiger partial charge in [-0.1, -0.05) is 28.1 Å². The van der Waals surface area contributed by atoms with Crippen LogP contribution in [0.25, 0.3) is 11.3 Å². The normalized spacial score (nSPS) is 26.2. The van der Waals surface area contributed by atoms with E-state index in [0.29, 0.717) is 42.9 Å². The molecule has 0 aliphatic carbocycles. The van der Waals surface area contributed by atoms with E-state index in [0.717, 1.165) is 0 Å². The van der Waals surface area contributed by atoms with Gasteiger partial charge in [0.25, 0.3) is 0 Å². The first-order valence-corrected chi connectivity index (χ1v) is 12.9. The van der Waals surface area contributed by atoms with Gasteiger partial charge in [0.15, 0.2) is 0 Å². The quantitative estimate of drug-likeness (QED) is 0.383. The fraction of sp³-hybridized carbons (Fsp3) is 0.542. The van der Waals surface area contributed by atoms with Crippen LogP contribution in [-0.2, 0) is 15.9 Å². The number of ether oxygens (including phenoxy) is 2. The van der Waals surface area contributed by atoms with Crippen molar-refractivity contribution in [2.75, 3.05) is 26.8 Å². The molecule has 2 fully saturated rings. The summed E-state index contributed by atoms with van der Waals surface area (Å²) >= 11 is 5.79. The summed E-state index contributed by atoms with van der Waals surface area (Å²) in [7, 11) is 1.49. The Morgan fingerprint density at radius 3 is 2.59 bits per heavy atom. The lowest BCUT2D eigenvalue weighted by Crippen LogP contribution is -2.57. The minimum Gasteiger partial charge on any atom is -0.465 e. The van der Waals surface area contributed by atoms with E-state index in [4.69, 9.17) is 21.1 Å². The van der Waals surface area contributed by atoms with Crippen molar-refractivity contribution in [1.29, 1.82) is 0 Å². The lowest BCUT2D eigenvalue weighted by molar-refractivity contribution is -0.212. The van der Waals surface area contributed by atoms with Crippen LogP contribution in [0.15, 0.2) is 30.6 Å². The van der Waals surface area contributed by atoms with E-state index in [1.165, 1.54) is 28.8 Å². The number of amides is 1. The number of carbonyl (C=O) groups is 1. The van der Waals surface area contributed by atoms with Gasteiger partial charge in [-0.05, 0) is 25.0 Å². The van der Waals surface area contributed by atoms with Crippen molar-refractivity contribution in [1.82, 2.24) is 34.9 Å². The van der Waals surface area contributed by atoms with Crippen LogP contribution >= 0.6 is 11.6 Å². The number of nitrogens with zero attached hydrogens (tertiary/aromatic N) is 7. The molecule has 3 aromatic rings. The van der Waals surface area contributed by atoms with Crippen LogP contribution in [0.5, 0.6) is 0 Å². The molecular weight excluding hydrogens is 537 g/mol. The zero-order valence-electron chi connectivity index (χ0n) is 21.0. The first-order valence-electron chi connectivity index (χ1n) is 12.5. The van der Waals surface area contributed by atoms with Crippen molar-refractivity contribution in [3.63, 3.8) is 0 Å². The van der Waals surface area contributed by atoms with E-state index in [-0.39, 0.29) is 17.5 Å². The van der Waals surface area contributed by atoms with Gasteiger partial charge in [0.1, 0.15) is 35.9 Å². The molecule has 13 nitrogen and oxygen atoms in total. The monoisotopic (exact) mass is 565 g/mol. The van der Waals surface area contributed by atoms with Crippen molar-refractivity contribution in [2.45, 2.75) is 55.8 Å². The largest absolute Gasteiger partial charge is 0.465 e. The Bertz CT molecular complexity index is 1300. The van der Waals surface area contributed by atoms with E-state index in [9.17, 15) is 24.5 Å². The van der Waals surface area contributed by atoms with E-state index in [2.05, 4.69) is 20.6 Å². The number of hydrogen-bond donors (Lipinski definition) is 3. The minimum atomic E-state index is -1.18. The molecule has 4 heterocycles. The van der Waals surface area contributed by atoms with Crippen LogP contribution in [0.3, 0.4) is 0 Å². The third kappa shape index (κ3) is 5.61. The summed E-state index contributed by atoms with van der Waals surface area (Å²) in [4.78, 5) is 12.6. The molecule has 1 amide bonds. The number of benzene rings is 1. The molecule has 39 heavy (non-hydrogen) atoms. The van der Waals surface area contributed by atoms with Crippen LogP contribution < -0.4 is 0 Å². The number of aliphatic hydroxyl groups excluding tert-OH is 2.